The Kier molecular flexibility index (Phi) is 3.92. The van der Waals surface area contributed by atoms with Gasteiger partial charge in [0.15, 0.2) is 0 Å². The first kappa shape index (κ1) is 12.7. The van der Waals surface area contributed by atoms with E-state index in [4.69, 9.17) is 21.1 Å². The molecule has 1 fully saturated rings. The monoisotopic (exact) mass is 255 g/mol. The number of halogens is 1. The third-order valence-corrected chi connectivity index (χ3v) is 3.76. The molecule has 0 bridgehead atoms. The van der Waals surface area contributed by atoms with Crippen molar-refractivity contribution in [2.24, 2.45) is 0 Å². The molecule has 1 aliphatic heterocycles. The second-order valence-electron chi connectivity index (χ2n) is 4.33. The lowest BCUT2D eigenvalue weighted by molar-refractivity contribution is 0.0758. The summed E-state index contributed by atoms with van der Waals surface area (Å²) >= 11 is 6.31. The van der Waals surface area contributed by atoms with Gasteiger partial charge in [0, 0.05) is 17.1 Å². The highest BCUT2D eigenvalue weighted by Gasteiger charge is 2.23. The lowest BCUT2D eigenvalue weighted by Gasteiger charge is -2.27. The van der Waals surface area contributed by atoms with Crippen LogP contribution >= 0.6 is 11.6 Å². The molecule has 2 rings (SSSR count). The molecule has 4 heteroatoms. The van der Waals surface area contributed by atoms with Gasteiger partial charge in [0.25, 0.3) is 0 Å². The van der Waals surface area contributed by atoms with Gasteiger partial charge in [-0.3, -0.25) is 0 Å². The molecule has 1 saturated heterocycles. The van der Waals surface area contributed by atoms with Gasteiger partial charge in [-0.05, 0) is 31.0 Å². The molecule has 1 unspecified atom stereocenters. The van der Waals surface area contributed by atoms with Crippen LogP contribution in [0.25, 0.3) is 0 Å². The summed E-state index contributed by atoms with van der Waals surface area (Å²) in [6.45, 7) is 6.31. The molecule has 94 valence electrons. The molecule has 1 heterocycles. The molecule has 3 nitrogen and oxygen atoms in total. The minimum absolute atomic E-state index is 0.164. The van der Waals surface area contributed by atoms with Crippen LogP contribution < -0.4 is 10.1 Å². The van der Waals surface area contributed by atoms with Gasteiger partial charge in [-0.2, -0.15) is 0 Å². The van der Waals surface area contributed by atoms with Crippen LogP contribution in [0.15, 0.2) is 6.07 Å². The molecular weight excluding hydrogens is 238 g/mol. The molecule has 1 atom stereocenters. The van der Waals surface area contributed by atoms with Gasteiger partial charge in [0.1, 0.15) is 5.75 Å². The third-order valence-electron chi connectivity index (χ3n) is 3.18. The van der Waals surface area contributed by atoms with E-state index in [1.807, 2.05) is 19.9 Å². The zero-order chi connectivity index (χ0) is 12.4. The van der Waals surface area contributed by atoms with Crippen LogP contribution in [0, 0.1) is 13.8 Å². The fourth-order valence-electron chi connectivity index (χ4n) is 2.29. The minimum Gasteiger partial charge on any atom is -0.496 e. The minimum atomic E-state index is 0.164. The zero-order valence-electron chi connectivity index (χ0n) is 10.5. The van der Waals surface area contributed by atoms with Crippen molar-refractivity contribution < 1.29 is 9.47 Å². The van der Waals surface area contributed by atoms with Crippen molar-refractivity contribution >= 4 is 11.6 Å². The van der Waals surface area contributed by atoms with E-state index in [9.17, 15) is 0 Å². The van der Waals surface area contributed by atoms with Gasteiger partial charge in [0.2, 0.25) is 0 Å². The summed E-state index contributed by atoms with van der Waals surface area (Å²) in [5, 5.41) is 4.25. The predicted molar refractivity (Wildman–Crippen MR) is 69.0 cm³/mol. The topological polar surface area (TPSA) is 30.5 Å². The highest BCUT2D eigenvalue weighted by molar-refractivity contribution is 6.32. The van der Waals surface area contributed by atoms with Gasteiger partial charge in [-0.1, -0.05) is 11.6 Å². The van der Waals surface area contributed by atoms with Crippen LogP contribution in [0.2, 0.25) is 5.02 Å². The number of hydrogen-bond donors (Lipinski definition) is 1. The Morgan fingerprint density at radius 2 is 2.24 bits per heavy atom. The van der Waals surface area contributed by atoms with Crippen LogP contribution in [0.1, 0.15) is 22.7 Å². The first-order valence-electron chi connectivity index (χ1n) is 5.80. The number of methoxy groups -OCH3 is 1. The second kappa shape index (κ2) is 5.25. The molecule has 1 aromatic carbocycles. The normalized spacial score (nSPS) is 20.4. The average molecular weight is 256 g/mol. The van der Waals surface area contributed by atoms with E-state index in [1.54, 1.807) is 7.11 Å². The van der Waals surface area contributed by atoms with Crippen molar-refractivity contribution in [3.05, 3.63) is 27.8 Å². The summed E-state index contributed by atoms with van der Waals surface area (Å²) in [5.41, 5.74) is 3.23. The Hall–Kier alpha value is -0.770. The number of ether oxygens (including phenoxy) is 2. The quantitative estimate of drug-likeness (QED) is 0.881. The van der Waals surface area contributed by atoms with Crippen molar-refractivity contribution in [1.29, 1.82) is 0 Å². The predicted octanol–water partition coefficient (Wildman–Crippen LogP) is 2.63. The Morgan fingerprint density at radius 3 is 2.82 bits per heavy atom. The molecule has 17 heavy (non-hydrogen) atoms. The van der Waals surface area contributed by atoms with E-state index in [2.05, 4.69) is 5.32 Å². The number of morpholine rings is 1. The largest absolute Gasteiger partial charge is 0.496 e. The molecule has 0 radical (unpaired) electrons. The summed E-state index contributed by atoms with van der Waals surface area (Å²) < 4.78 is 11.0. The maximum atomic E-state index is 6.31. The summed E-state index contributed by atoms with van der Waals surface area (Å²) in [5.74, 6) is 0.882. The number of nitrogens with one attached hydrogen (secondary N) is 1. The molecule has 0 aliphatic carbocycles. The summed E-state index contributed by atoms with van der Waals surface area (Å²) in [7, 11) is 1.69. The lowest BCUT2D eigenvalue weighted by Crippen LogP contribution is -2.35. The fourth-order valence-corrected chi connectivity index (χ4v) is 2.45. The summed E-state index contributed by atoms with van der Waals surface area (Å²) in [4.78, 5) is 0. The van der Waals surface area contributed by atoms with Crippen LogP contribution in [-0.4, -0.2) is 26.9 Å². The Labute approximate surface area is 107 Å². The van der Waals surface area contributed by atoms with Crippen molar-refractivity contribution in [2.75, 3.05) is 26.9 Å². The van der Waals surface area contributed by atoms with Gasteiger partial charge < -0.3 is 14.8 Å². The van der Waals surface area contributed by atoms with E-state index in [-0.39, 0.29) is 6.04 Å². The highest BCUT2D eigenvalue weighted by atomic mass is 35.5. The van der Waals surface area contributed by atoms with Gasteiger partial charge in [-0.15, -0.1) is 0 Å². The van der Waals surface area contributed by atoms with E-state index in [1.165, 1.54) is 0 Å². The summed E-state index contributed by atoms with van der Waals surface area (Å²) in [6, 6.07) is 2.15. The smallest absolute Gasteiger partial charge is 0.124 e. The molecule has 0 aromatic heterocycles. The third kappa shape index (κ3) is 2.41. The maximum absolute atomic E-state index is 6.31. The maximum Gasteiger partial charge on any atom is 0.124 e. The molecule has 1 aliphatic rings. The van der Waals surface area contributed by atoms with Gasteiger partial charge in [-0.25, -0.2) is 0 Å². The van der Waals surface area contributed by atoms with E-state index in [0.717, 1.165) is 40.6 Å². The molecule has 1 N–H and O–H groups in total. The molecule has 0 amide bonds. The molecule has 0 saturated carbocycles. The lowest BCUT2D eigenvalue weighted by atomic mass is 9.97. The van der Waals surface area contributed by atoms with E-state index in [0.29, 0.717) is 6.61 Å². The van der Waals surface area contributed by atoms with Crippen LogP contribution in [0.4, 0.5) is 0 Å². The van der Waals surface area contributed by atoms with Crippen LogP contribution in [0.5, 0.6) is 5.75 Å². The zero-order valence-corrected chi connectivity index (χ0v) is 11.2. The van der Waals surface area contributed by atoms with Crippen molar-refractivity contribution in [1.82, 2.24) is 5.32 Å². The number of hydrogen-bond acceptors (Lipinski definition) is 3. The highest BCUT2D eigenvalue weighted by Crippen LogP contribution is 2.36. The first-order chi connectivity index (χ1) is 8.15. The SMILES string of the molecule is COc1cc(C)c(Cl)c(C)c1C1COCCN1. The van der Waals surface area contributed by atoms with Crippen molar-refractivity contribution in [3.63, 3.8) is 0 Å². The number of benzene rings is 1. The molecular formula is C13H18ClNO2. The number of rotatable bonds is 2. The average Bonchev–Trinajstić information content (AvgIpc) is 2.36. The second-order valence-corrected chi connectivity index (χ2v) is 4.71. The summed E-state index contributed by atoms with van der Waals surface area (Å²) in [6.07, 6.45) is 0. The first-order valence-corrected chi connectivity index (χ1v) is 6.17. The van der Waals surface area contributed by atoms with Crippen LogP contribution in [0.3, 0.4) is 0 Å². The Morgan fingerprint density at radius 1 is 1.47 bits per heavy atom. The fraction of sp³-hybridized carbons (Fsp3) is 0.538. The van der Waals surface area contributed by atoms with E-state index >= 15 is 0 Å². The Balaban J connectivity index is 2.46. The molecule has 0 spiro atoms. The van der Waals surface area contributed by atoms with Crippen LogP contribution in [-0.2, 0) is 4.74 Å². The van der Waals surface area contributed by atoms with Gasteiger partial charge >= 0.3 is 0 Å². The van der Waals surface area contributed by atoms with E-state index < -0.39 is 0 Å². The van der Waals surface area contributed by atoms with Gasteiger partial charge in [0.05, 0.1) is 26.4 Å². The molecule has 1 aromatic rings. The van der Waals surface area contributed by atoms with Crippen molar-refractivity contribution in [2.45, 2.75) is 19.9 Å². The number of aryl methyl sites for hydroxylation is 1. The Bertz CT molecular complexity index is 414. The van der Waals surface area contributed by atoms with Crippen molar-refractivity contribution in [3.8, 4) is 5.75 Å². The standard InChI is InChI=1S/C13H18ClNO2/c1-8-6-11(16-3)12(9(2)13(8)14)10-7-17-5-4-15-10/h6,10,15H,4-5,7H2,1-3H3.